The number of likely N-dealkylation sites (tertiary alicyclic amines) is 1. The van der Waals surface area contributed by atoms with Crippen molar-refractivity contribution in [3.8, 4) is 0 Å². The van der Waals surface area contributed by atoms with Crippen molar-refractivity contribution >= 4 is 24.3 Å². The molecule has 2 heterocycles. The molecule has 0 spiro atoms. The summed E-state index contributed by atoms with van der Waals surface area (Å²) in [5.74, 6) is -0.216. The van der Waals surface area contributed by atoms with Crippen LogP contribution in [0.4, 0.5) is 4.79 Å². The number of carbonyl (C=O) groups excluding carboxylic acids is 2. The molecule has 0 aromatic heterocycles. The van der Waals surface area contributed by atoms with Crippen LogP contribution in [-0.4, -0.2) is 55.1 Å². The van der Waals surface area contributed by atoms with E-state index >= 15 is 0 Å². The lowest BCUT2D eigenvalue weighted by Gasteiger charge is -2.23. The lowest BCUT2D eigenvalue weighted by Crippen LogP contribution is -2.46. The van der Waals surface area contributed by atoms with Gasteiger partial charge in [0.15, 0.2) is 0 Å². The molecule has 2 saturated heterocycles. The molecule has 7 heteroatoms. The number of amides is 3. The number of halogens is 1. The third kappa shape index (κ3) is 5.26. The second kappa shape index (κ2) is 8.44. The number of nitrogens with zero attached hydrogens (tertiary/aromatic N) is 1. The van der Waals surface area contributed by atoms with Crippen molar-refractivity contribution in [2.45, 2.75) is 44.7 Å². The number of urea groups is 1. The highest BCUT2D eigenvalue weighted by atomic mass is 35.5. The second-order valence-electron chi connectivity index (χ2n) is 5.47. The van der Waals surface area contributed by atoms with E-state index in [2.05, 4.69) is 20.9 Å². The lowest BCUT2D eigenvalue weighted by molar-refractivity contribution is -0.121. The highest BCUT2D eigenvalue weighted by Crippen LogP contribution is 2.19. The van der Waals surface area contributed by atoms with Gasteiger partial charge in [0.05, 0.1) is 6.54 Å². The zero-order valence-corrected chi connectivity index (χ0v) is 12.8. The third-order valence-electron chi connectivity index (χ3n) is 3.76. The molecule has 0 saturated carbocycles. The Morgan fingerprint density at radius 3 is 2.75 bits per heavy atom. The Labute approximate surface area is 126 Å². The normalized spacial score (nSPS) is 25.4. The van der Waals surface area contributed by atoms with Crippen molar-refractivity contribution < 1.29 is 9.59 Å². The van der Waals surface area contributed by atoms with Gasteiger partial charge in [-0.2, -0.15) is 0 Å². The van der Waals surface area contributed by atoms with Crippen LogP contribution in [0.3, 0.4) is 0 Å². The van der Waals surface area contributed by atoms with Crippen LogP contribution < -0.4 is 16.0 Å². The Bertz CT molecular complexity index is 340. The number of nitrogens with one attached hydrogen (secondary N) is 3. The van der Waals surface area contributed by atoms with Crippen LogP contribution in [0.2, 0.25) is 0 Å². The minimum Gasteiger partial charge on any atom is -0.338 e. The molecule has 6 nitrogen and oxygen atoms in total. The highest BCUT2D eigenvalue weighted by Gasteiger charge is 2.29. The minimum atomic E-state index is -0.388. The van der Waals surface area contributed by atoms with Crippen LogP contribution in [-0.2, 0) is 4.79 Å². The van der Waals surface area contributed by atoms with E-state index in [4.69, 9.17) is 0 Å². The number of imide groups is 1. The van der Waals surface area contributed by atoms with Gasteiger partial charge in [-0.15, -0.1) is 12.4 Å². The molecule has 0 radical (unpaired) electrons. The summed E-state index contributed by atoms with van der Waals surface area (Å²) in [5, 5.41) is 8.59. The van der Waals surface area contributed by atoms with Gasteiger partial charge in [-0.05, 0) is 25.7 Å². The Kier molecular flexibility index (Phi) is 7.26. The fraction of sp³-hybridized carbons (Fsp3) is 0.846. The molecule has 3 amide bonds. The van der Waals surface area contributed by atoms with E-state index in [0.717, 1.165) is 25.9 Å². The molecule has 2 rings (SSSR count). The zero-order chi connectivity index (χ0) is 13.7. The predicted octanol–water partition coefficient (Wildman–Crippen LogP) is 0.470. The maximum atomic E-state index is 11.8. The van der Waals surface area contributed by atoms with E-state index in [1.165, 1.54) is 12.8 Å². The largest absolute Gasteiger partial charge is 0.338 e. The van der Waals surface area contributed by atoms with Crippen molar-refractivity contribution in [2.75, 3.05) is 26.2 Å². The van der Waals surface area contributed by atoms with E-state index in [0.29, 0.717) is 25.2 Å². The molecule has 0 aromatic carbocycles. The first-order valence-corrected chi connectivity index (χ1v) is 7.23. The van der Waals surface area contributed by atoms with Crippen LogP contribution >= 0.6 is 12.4 Å². The van der Waals surface area contributed by atoms with Gasteiger partial charge >= 0.3 is 6.03 Å². The van der Waals surface area contributed by atoms with Gasteiger partial charge < -0.3 is 10.6 Å². The van der Waals surface area contributed by atoms with Crippen molar-refractivity contribution in [1.29, 1.82) is 0 Å². The van der Waals surface area contributed by atoms with Gasteiger partial charge in [0.25, 0.3) is 0 Å². The molecule has 2 unspecified atom stereocenters. The summed E-state index contributed by atoms with van der Waals surface area (Å²) in [7, 11) is 0. The van der Waals surface area contributed by atoms with Crippen LogP contribution in [0.1, 0.15) is 32.6 Å². The molecule has 2 fully saturated rings. The van der Waals surface area contributed by atoms with Gasteiger partial charge in [0.1, 0.15) is 0 Å². The average Bonchev–Trinajstić information content (AvgIpc) is 2.70. The summed E-state index contributed by atoms with van der Waals surface area (Å²) in [5.41, 5.74) is 0. The summed E-state index contributed by atoms with van der Waals surface area (Å²) >= 11 is 0. The molecule has 2 bridgehead atoms. The van der Waals surface area contributed by atoms with Crippen molar-refractivity contribution in [3.63, 3.8) is 0 Å². The number of carbonyl (C=O) groups is 2. The minimum absolute atomic E-state index is 0. The molecule has 3 N–H and O–H groups in total. The maximum Gasteiger partial charge on any atom is 0.321 e. The Morgan fingerprint density at radius 1 is 1.25 bits per heavy atom. The molecule has 2 aliphatic rings. The Morgan fingerprint density at radius 2 is 2.00 bits per heavy atom. The van der Waals surface area contributed by atoms with Gasteiger partial charge in [-0.1, -0.05) is 6.92 Å². The number of hydrogen-bond donors (Lipinski definition) is 3. The maximum absolute atomic E-state index is 11.8. The van der Waals surface area contributed by atoms with Crippen LogP contribution in [0, 0.1) is 0 Å². The van der Waals surface area contributed by atoms with Gasteiger partial charge in [-0.25, -0.2) is 4.79 Å². The summed E-state index contributed by atoms with van der Waals surface area (Å²) < 4.78 is 0. The molecular weight excluding hydrogens is 280 g/mol. The first-order valence-electron chi connectivity index (χ1n) is 7.23. The van der Waals surface area contributed by atoms with E-state index < -0.39 is 0 Å². The van der Waals surface area contributed by atoms with E-state index in [1.807, 2.05) is 6.92 Å². The number of fused-ring (bicyclic) bond motifs is 2. The van der Waals surface area contributed by atoms with E-state index in [1.54, 1.807) is 0 Å². The monoisotopic (exact) mass is 304 g/mol. The molecule has 0 aromatic rings. The quantitative estimate of drug-likeness (QED) is 0.706. The first kappa shape index (κ1) is 17.2. The SMILES string of the molecule is CCCNC(=O)NC(=O)CN1CCC2CCC(C1)N2.Cl. The van der Waals surface area contributed by atoms with Crippen molar-refractivity contribution in [3.05, 3.63) is 0 Å². The summed E-state index contributed by atoms with van der Waals surface area (Å²) in [6.45, 7) is 4.71. The van der Waals surface area contributed by atoms with Crippen LogP contribution in [0.15, 0.2) is 0 Å². The van der Waals surface area contributed by atoms with Crippen molar-refractivity contribution in [2.24, 2.45) is 0 Å². The second-order valence-corrected chi connectivity index (χ2v) is 5.47. The Hall–Kier alpha value is -0.850. The fourth-order valence-corrected chi connectivity index (χ4v) is 2.81. The fourth-order valence-electron chi connectivity index (χ4n) is 2.81. The van der Waals surface area contributed by atoms with E-state index in [-0.39, 0.29) is 24.3 Å². The van der Waals surface area contributed by atoms with Crippen LogP contribution in [0.25, 0.3) is 0 Å². The number of rotatable bonds is 4. The first-order chi connectivity index (χ1) is 9.17. The average molecular weight is 305 g/mol. The molecule has 2 aliphatic heterocycles. The standard InChI is InChI=1S/C13H24N4O2.ClH/c1-2-6-14-13(19)16-12(18)9-17-7-5-10-3-4-11(8-17)15-10;/h10-11,15H,2-9H2,1H3,(H2,14,16,18,19);1H. The summed E-state index contributed by atoms with van der Waals surface area (Å²) in [4.78, 5) is 25.3. The smallest absolute Gasteiger partial charge is 0.321 e. The molecule has 20 heavy (non-hydrogen) atoms. The predicted molar refractivity (Wildman–Crippen MR) is 80.1 cm³/mol. The van der Waals surface area contributed by atoms with Crippen molar-refractivity contribution in [1.82, 2.24) is 20.9 Å². The zero-order valence-electron chi connectivity index (χ0n) is 12.0. The Balaban J connectivity index is 0.00000200. The highest BCUT2D eigenvalue weighted by molar-refractivity contribution is 5.95. The third-order valence-corrected chi connectivity index (χ3v) is 3.76. The van der Waals surface area contributed by atoms with Gasteiger partial charge in [0.2, 0.25) is 5.91 Å². The molecule has 116 valence electrons. The lowest BCUT2D eigenvalue weighted by atomic mass is 10.1. The van der Waals surface area contributed by atoms with E-state index in [9.17, 15) is 9.59 Å². The van der Waals surface area contributed by atoms with Gasteiger partial charge in [-0.3, -0.25) is 15.0 Å². The van der Waals surface area contributed by atoms with Crippen LogP contribution in [0.5, 0.6) is 0 Å². The topological polar surface area (TPSA) is 73.5 Å². The number of hydrogen-bond acceptors (Lipinski definition) is 4. The molecule has 0 aliphatic carbocycles. The molecule has 2 atom stereocenters. The summed E-state index contributed by atoms with van der Waals surface area (Å²) in [6.07, 6.45) is 4.40. The summed E-state index contributed by atoms with van der Waals surface area (Å²) in [6, 6.07) is 0.737. The van der Waals surface area contributed by atoms with Gasteiger partial charge in [0, 0.05) is 31.7 Å². The molecular formula is C13H25ClN4O2.